The number of hydrogen-bond acceptors (Lipinski definition) is 8. The molecule has 8 nitrogen and oxygen atoms in total. The molecule has 0 bridgehead atoms. The monoisotopic (exact) mass is 466 g/mol. The van der Waals surface area contributed by atoms with E-state index in [9.17, 15) is 9.59 Å². The predicted molar refractivity (Wildman–Crippen MR) is 108 cm³/mol. The van der Waals surface area contributed by atoms with Crippen LogP contribution in [-0.2, 0) is 0 Å². The van der Waals surface area contributed by atoms with Gasteiger partial charge >= 0.3 is 0 Å². The molecule has 0 atom stereocenters. The molecule has 0 amide bonds. The average Bonchev–Trinajstić information content (AvgIpc) is 2.74. The van der Waals surface area contributed by atoms with E-state index in [1.165, 1.54) is 48.7 Å². The molecular formula is C20H19BrO8. The second kappa shape index (κ2) is 7.82. The van der Waals surface area contributed by atoms with Gasteiger partial charge in [0.1, 0.15) is 0 Å². The van der Waals surface area contributed by atoms with Crippen LogP contribution in [0.15, 0.2) is 10.5 Å². The van der Waals surface area contributed by atoms with Crippen molar-refractivity contribution in [3.8, 4) is 45.6 Å². The summed E-state index contributed by atoms with van der Waals surface area (Å²) >= 11 is 3.38. The van der Waals surface area contributed by atoms with Crippen LogP contribution in [0.2, 0.25) is 0 Å². The zero-order valence-corrected chi connectivity index (χ0v) is 18.3. The Morgan fingerprint density at radius 1 is 0.586 bits per heavy atom. The number of fused-ring (bicyclic) bond motifs is 3. The average molecular weight is 467 g/mol. The third-order valence-electron chi connectivity index (χ3n) is 4.68. The first-order valence-corrected chi connectivity index (χ1v) is 9.14. The first kappa shape index (κ1) is 20.8. The van der Waals surface area contributed by atoms with Crippen LogP contribution in [0.1, 0.15) is 20.7 Å². The third-order valence-corrected chi connectivity index (χ3v) is 5.44. The van der Waals surface area contributed by atoms with Crippen LogP contribution in [0.3, 0.4) is 0 Å². The molecule has 0 N–H and O–H groups in total. The minimum absolute atomic E-state index is 0.0857. The molecule has 0 saturated carbocycles. The number of halogens is 1. The van der Waals surface area contributed by atoms with Gasteiger partial charge in [-0.15, -0.1) is 0 Å². The lowest BCUT2D eigenvalue weighted by Gasteiger charge is -2.27. The van der Waals surface area contributed by atoms with Crippen LogP contribution in [0, 0.1) is 0 Å². The van der Waals surface area contributed by atoms with Crippen molar-refractivity contribution >= 4 is 27.5 Å². The van der Waals surface area contributed by atoms with Crippen molar-refractivity contribution < 1.29 is 38.0 Å². The van der Waals surface area contributed by atoms with Crippen LogP contribution in [0.5, 0.6) is 34.5 Å². The van der Waals surface area contributed by atoms with E-state index < -0.39 is 11.6 Å². The van der Waals surface area contributed by atoms with Crippen LogP contribution >= 0.6 is 15.9 Å². The van der Waals surface area contributed by atoms with Crippen molar-refractivity contribution in [1.82, 2.24) is 0 Å². The number of rotatable bonds is 6. The van der Waals surface area contributed by atoms with Gasteiger partial charge in [0.15, 0.2) is 23.0 Å². The Hall–Kier alpha value is -2.94. The highest BCUT2D eigenvalue weighted by atomic mass is 79.9. The maximum absolute atomic E-state index is 13.0. The van der Waals surface area contributed by atoms with Crippen LogP contribution in [0.4, 0.5) is 0 Å². The number of benzene rings is 2. The number of hydrogen-bond donors (Lipinski definition) is 0. The minimum atomic E-state index is -0.729. The molecule has 0 radical (unpaired) electrons. The van der Waals surface area contributed by atoms with E-state index in [2.05, 4.69) is 15.9 Å². The van der Waals surface area contributed by atoms with Gasteiger partial charge in [-0.1, -0.05) is 0 Å². The zero-order valence-electron chi connectivity index (χ0n) is 16.7. The fourth-order valence-corrected chi connectivity index (χ4v) is 4.21. The molecule has 0 spiro atoms. The Balaban J connectivity index is 2.61. The maximum Gasteiger partial charge on any atom is 0.235 e. The molecule has 0 aromatic heterocycles. The van der Waals surface area contributed by atoms with Gasteiger partial charge in [-0.05, 0) is 22.0 Å². The van der Waals surface area contributed by atoms with Crippen LogP contribution < -0.4 is 28.4 Å². The predicted octanol–water partition coefficient (Wildman–Crippen LogP) is 3.55. The first-order valence-electron chi connectivity index (χ1n) is 8.35. The number of ether oxygens (including phenoxy) is 6. The Morgan fingerprint density at radius 3 is 1.59 bits per heavy atom. The number of ketones is 2. The summed E-state index contributed by atoms with van der Waals surface area (Å²) in [6.45, 7) is 0. The summed E-state index contributed by atoms with van der Waals surface area (Å²) in [5, 5.41) is 0. The fourth-order valence-electron chi connectivity index (χ4n) is 3.49. The molecule has 0 unspecified atom stereocenters. The molecule has 0 saturated heterocycles. The zero-order chi connectivity index (χ0) is 21.5. The van der Waals surface area contributed by atoms with Crippen molar-refractivity contribution in [2.75, 3.05) is 42.7 Å². The van der Waals surface area contributed by atoms with Gasteiger partial charge in [-0.2, -0.15) is 0 Å². The van der Waals surface area contributed by atoms with E-state index in [0.717, 1.165) is 0 Å². The SMILES string of the molecule is COc1cc2c(c(OC)c1OC)-c1c(OC)c(OC)c(OC)c(Br)c1C(=O)C2=O. The second-order valence-electron chi connectivity index (χ2n) is 5.89. The van der Waals surface area contributed by atoms with Crippen LogP contribution in [-0.4, -0.2) is 54.2 Å². The topological polar surface area (TPSA) is 89.5 Å². The molecule has 154 valence electrons. The van der Waals surface area contributed by atoms with Crippen molar-refractivity contribution in [2.24, 2.45) is 0 Å². The number of methoxy groups -OCH3 is 6. The standard InChI is InChI=1S/C20H19BrO8/c1-24-9-7-8-10(17(26-3)16(9)25-2)11-12(15(23)14(8)22)13(21)19(28-5)20(29-6)18(11)27-4/h7H,1-6H3. The van der Waals surface area contributed by atoms with E-state index >= 15 is 0 Å². The highest BCUT2D eigenvalue weighted by Crippen LogP contribution is 2.58. The van der Waals surface area contributed by atoms with Crippen molar-refractivity contribution in [3.63, 3.8) is 0 Å². The van der Waals surface area contributed by atoms with Crippen molar-refractivity contribution in [3.05, 3.63) is 21.7 Å². The summed E-state index contributed by atoms with van der Waals surface area (Å²) in [6.07, 6.45) is 0. The minimum Gasteiger partial charge on any atom is -0.493 e. The van der Waals surface area contributed by atoms with Gasteiger partial charge in [0.2, 0.25) is 23.1 Å². The number of Topliss-reactive ketones (excluding diaryl/α,β-unsaturated/α-hetero) is 2. The summed E-state index contributed by atoms with van der Waals surface area (Å²) in [6, 6.07) is 1.45. The molecular weight excluding hydrogens is 448 g/mol. The summed E-state index contributed by atoms with van der Waals surface area (Å²) in [7, 11) is 8.61. The van der Waals surface area contributed by atoms with Gasteiger partial charge in [-0.25, -0.2) is 0 Å². The van der Waals surface area contributed by atoms with Crippen molar-refractivity contribution in [1.29, 1.82) is 0 Å². The fraction of sp³-hybridized carbons (Fsp3) is 0.300. The van der Waals surface area contributed by atoms with Gasteiger partial charge in [0.25, 0.3) is 0 Å². The van der Waals surface area contributed by atoms with E-state index in [1.807, 2.05) is 0 Å². The summed E-state index contributed by atoms with van der Waals surface area (Å²) < 4.78 is 33.1. The molecule has 9 heteroatoms. The second-order valence-corrected chi connectivity index (χ2v) is 6.68. The highest BCUT2D eigenvalue weighted by molar-refractivity contribution is 9.10. The Morgan fingerprint density at radius 2 is 1.10 bits per heavy atom. The van der Waals surface area contributed by atoms with E-state index in [1.54, 1.807) is 0 Å². The molecule has 29 heavy (non-hydrogen) atoms. The lowest BCUT2D eigenvalue weighted by Crippen LogP contribution is -2.23. The van der Waals surface area contributed by atoms with Gasteiger partial charge < -0.3 is 28.4 Å². The molecule has 2 aromatic carbocycles. The molecule has 2 aromatic rings. The Bertz CT molecular complexity index is 1030. The lowest BCUT2D eigenvalue weighted by atomic mass is 9.82. The maximum atomic E-state index is 13.0. The summed E-state index contributed by atoms with van der Waals surface area (Å²) in [4.78, 5) is 26.0. The van der Waals surface area contributed by atoms with Gasteiger partial charge in [0, 0.05) is 16.7 Å². The molecule has 0 aliphatic heterocycles. The normalized spacial score (nSPS) is 12.1. The lowest BCUT2D eigenvalue weighted by molar-refractivity contribution is 0.0814. The summed E-state index contributed by atoms with van der Waals surface area (Å²) in [5.74, 6) is 0.00453. The quantitative estimate of drug-likeness (QED) is 0.597. The van der Waals surface area contributed by atoms with Crippen LogP contribution in [0.25, 0.3) is 11.1 Å². The molecule has 3 rings (SSSR count). The smallest absolute Gasteiger partial charge is 0.235 e. The third kappa shape index (κ3) is 2.79. The van der Waals surface area contributed by atoms with Crippen molar-refractivity contribution in [2.45, 2.75) is 0 Å². The van der Waals surface area contributed by atoms with E-state index in [0.29, 0.717) is 11.1 Å². The van der Waals surface area contributed by atoms with Gasteiger partial charge in [0.05, 0.1) is 52.7 Å². The van der Waals surface area contributed by atoms with E-state index in [-0.39, 0.29) is 50.1 Å². The Kier molecular flexibility index (Phi) is 5.61. The number of carbonyl (C=O) groups is 2. The summed E-state index contributed by atoms with van der Waals surface area (Å²) in [5.41, 5.74) is 0.856. The highest BCUT2D eigenvalue weighted by Gasteiger charge is 2.41. The molecule has 1 aliphatic carbocycles. The molecule has 0 heterocycles. The molecule has 0 fully saturated rings. The first-order chi connectivity index (χ1) is 13.9. The molecule has 1 aliphatic rings. The van der Waals surface area contributed by atoms with Gasteiger partial charge in [-0.3, -0.25) is 9.59 Å². The Labute approximate surface area is 175 Å². The van der Waals surface area contributed by atoms with E-state index in [4.69, 9.17) is 28.4 Å². The number of carbonyl (C=O) groups excluding carboxylic acids is 2. The largest absolute Gasteiger partial charge is 0.493 e.